The van der Waals surface area contributed by atoms with Crippen LogP contribution in [0.2, 0.25) is 0 Å². The van der Waals surface area contributed by atoms with Crippen LogP contribution in [0.4, 0.5) is 8.78 Å². The summed E-state index contributed by atoms with van der Waals surface area (Å²) in [4.78, 5) is 25.9. The van der Waals surface area contributed by atoms with Crippen molar-refractivity contribution in [3.8, 4) is 10.6 Å². The summed E-state index contributed by atoms with van der Waals surface area (Å²) in [7, 11) is 0. The van der Waals surface area contributed by atoms with Crippen molar-refractivity contribution in [3.63, 3.8) is 0 Å². The number of carbonyl (C=O) groups excluding carboxylic acids is 2. The van der Waals surface area contributed by atoms with Gasteiger partial charge in [-0.25, -0.2) is 8.78 Å². The van der Waals surface area contributed by atoms with E-state index in [1.165, 1.54) is 22.3 Å². The number of carbonyl (C=O) groups is 2. The van der Waals surface area contributed by atoms with Gasteiger partial charge in [0.25, 0.3) is 11.8 Å². The third kappa shape index (κ3) is 3.60. The average molecular weight is 367 g/mol. The Morgan fingerprint density at radius 3 is 3.00 bits per heavy atom. The van der Waals surface area contributed by atoms with Crippen LogP contribution >= 0.6 is 11.3 Å². The van der Waals surface area contributed by atoms with Crippen molar-refractivity contribution in [1.29, 1.82) is 0 Å². The molecule has 6 nitrogen and oxygen atoms in total. The summed E-state index contributed by atoms with van der Waals surface area (Å²) in [6.45, 7) is 2.97. The third-order valence-corrected chi connectivity index (χ3v) is 4.81. The van der Waals surface area contributed by atoms with Crippen LogP contribution in [0.1, 0.15) is 16.9 Å². The first-order valence-electron chi connectivity index (χ1n) is 7.51. The molecule has 2 aromatic heterocycles. The van der Waals surface area contributed by atoms with Gasteiger partial charge in [0.2, 0.25) is 5.91 Å². The summed E-state index contributed by atoms with van der Waals surface area (Å²) < 4.78 is 33.3. The lowest BCUT2D eigenvalue weighted by Gasteiger charge is -2.38. The maximum absolute atomic E-state index is 14.1. The lowest BCUT2D eigenvalue weighted by Crippen LogP contribution is -2.59. The minimum absolute atomic E-state index is 0.0866. The highest BCUT2D eigenvalue weighted by Gasteiger charge is 2.46. The van der Waals surface area contributed by atoms with Gasteiger partial charge in [-0.15, -0.1) is 11.3 Å². The number of nitrogens with one attached hydrogen (secondary N) is 1. The second-order valence-electron chi connectivity index (χ2n) is 5.58. The molecule has 0 radical (unpaired) electrons. The number of thiophene rings is 1. The number of piperidine rings is 1. The van der Waals surface area contributed by atoms with Gasteiger partial charge in [-0.1, -0.05) is 17.8 Å². The molecule has 1 fully saturated rings. The zero-order valence-electron chi connectivity index (χ0n) is 13.1. The number of rotatable bonds is 4. The summed E-state index contributed by atoms with van der Waals surface area (Å²) in [5, 5.41) is 7.73. The van der Waals surface area contributed by atoms with E-state index >= 15 is 0 Å². The minimum Gasteiger partial charge on any atom is -0.355 e. The maximum atomic E-state index is 14.1. The van der Waals surface area contributed by atoms with E-state index in [4.69, 9.17) is 4.52 Å². The number of nitrogens with zero attached hydrogens (tertiary/aromatic N) is 2. The Morgan fingerprint density at radius 1 is 1.52 bits per heavy atom. The van der Waals surface area contributed by atoms with E-state index in [1.807, 2.05) is 11.4 Å². The van der Waals surface area contributed by atoms with E-state index in [2.05, 4.69) is 17.1 Å². The average Bonchev–Trinajstić information content (AvgIpc) is 3.26. The van der Waals surface area contributed by atoms with Crippen molar-refractivity contribution < 1.29 is 22.9 Å². The number of hydrogen-bond donors (Lipinski definition) is 1. The van der Waals surface area contributed by atoms with Crippen LogP contribution in [0.3, 0.4) is 0 Å². The second kappa shape index (κ2) is 6.75. The Balaban J connectivity index is 1.72. The highest BCUT2D eigenvalue weighted by Crippen LogP contribution is 2.29. The zero-order chi connectivity index (χ0) is 18.0. The Hall–Kier alpha value is -2.55. The molecule has 1 aliphatic heterocycles. The quantitative estimate of drug-likeness (QED) is 0.843. The van der Waals surface area contributed by atoms with Crippen molar-refractivity contribution in [2.24, 2.45) is 0 Å². The van der Waals surface area contributed by atoms with E-state index in [-0.39, 0.29) is 18.8 Å². The van der Waals surface area contributed by atoms with Crippen LogP contribution < -0.4 is 5.32 Å². The first-order chi connectivity index (χ1) is 11.9. The Kier molecular flexibility index (Phi) is 4.67. The topological polar surface area (TPSA) is 75.4 Å². The fourth-order valence-corrected chi connectivity index (χ4v) is 3.21. The Morgan fingerprint density at radius 2 is 2.32 bits per heavy atom. The van der Waals surface area contributed by atoms with Gasteiger partial charge in [-0.3, -0.25) is 9.59 Å². The number of aromatic nitrogens is 1. The predicted molar refractivity (Wildman–Crippen MR) is 87.4 cm³/mol. The van der Waals surface area contributed by atoms with Gasteiger partial charge in [0, 0.05) is 25.6 Å². The number of hydrogen-bond acceptors (Lipinski definition) is 5. The Labute approximate surface area is 146 Å². The molecule has 0 saturated carbocycles. The molecule has 132 valence electrons. The highest BCUT2D eigenvalue weighted by molar-refractivity contribution is 7.13. The molecule has 1 atom stereocenters. The van der Waals surface area contributed by atoms with E-state index in [0.717, 1.165) is 11.0 Å². The van der Waals surface area contributed by atoms with Gasteiger partial charge in [0.1, 0.15) is 6.04 Å². The molecule has 0 unspecified atom stereocenters. The lowest BCUT2D eigenvalue weighted by atomic mass is 10.0. The fraction of sp³-hybridized carbons (Fsp3) is 0.312. The standard InChI is InChI=1S/C16H15F2N3O3S/c1-2-14(22)21-6-5-16(17,18)13(9-21)19-15(23)10-8-11(24-20-10)12-4-3-7-25-12/h2-4,7-8,13H,1,5-6,9H2,(H,19,23)/t13-/m1/s1. The molecule has 1 aliphatic rings. The third-order valence-electron chi connectivity index (χ3n) is 3.93. The molecule has 2 amide bonds. The largest absolute Gasteiger partial charge is 0.355 e. The zero-order valence-corrected chi connectivity index (χ0v) is 13.9. The van der Waals surface area contributed by atoms with Gasteiger partial charge >= 0.3 is 0 Å². The van der Waals surface area contributed by atoms with Crippen molar-refractivity contribution >= 4 is 23.2 Å². The van der Waals surface area contributed by atoms with Crippen LogP contribution in [-0.4, -0.2) is 46.9 Å². The van der Waals surface area contributed by atoms with Crippen molar-refractivity contribution in [2.75, 3.05) is 13.1 Å². The number of alkyl halides is 2. The molecule has 25 heavy (non-hydrogen) atoms. The first kappa shape index (κ1) is 17.3. The van der Waals surface area contributed by atoms with E-state index in [0.29, 0.717) is 5.76 Å². The molecule has 1 N–H and O–H groups in total. The van der Waals surface area contributed by atoms with Gasteiger partial charge in [-0.2, -0.15) is 0 Å². The Bertz CT molecular complexity index is 788. The van der Waals surface area contributed by atoms with E-state index in [1.54, 1.807) is 6.07 Å². The summed E-state index contributed by atoms with van der Waals surface area (Å²) in [5.74, 6) is -3.95. The van der Waals surface area contributed by atoms with Gasteiger partial charge in [-0.05, 0) is 17.5 Å². The monoisotopic (exact) mass is 367 g/mol. The van der Waals surface area contributed by atoms with E-state index < -0.39 is 30.2 Å². The predicted octanol–water partition coefficient (Wildman–Crippen LogP) is 2.56. The van der Waals surface area contributed by atoms with Gasteiger partial charge in [0.15, 0.2) is 11.5 Å². The summed E-state index contributed by atoms with van der Waals surface area (Å²) >= 11 is 1.40. The molecular formula is C16H15F2N3O3S. The molecule has 3 rings (SSSR count). The molecular weight excluding hydrogens is 352 g/mol. The van der Waals surface area contributed by atoms with E-state index in [9.17, 15) is 18.4 Å². The molecule has 2 aromatic rings. The number of likely N-dealkylation sites (tertiary alicyclic amines) is 1. The smallest absolute Gasteiger partial charge is 0.273 e. The molecule has 9 heteroatoms. The van der Waals surface area contributed by atoms with Crippen LogP contribution in [0.5, 0.6) is 0 Å². The molecule has 0 aromatic carbocycles. The number of halogens is 2. The van der Waals surface area contributed by atoms with Crippen molar-refractivity contribution in [2.45, 2.75) is 18.4 Å². The normalized spacial score (nSPS) is 19.4. The minimum atomic E-state index is -3.12. The van der Waals surface area contributed by atoms with Crippen LogP contribution in [0.25, 0.3) is 10.6 Å². The van der Waals surface area contributed by atoms with Crippen LogP contribution in [0, 0.1) is 0 Å². The number of amides is 2. The molecule has 0 spiro atoms. The molecule has 3 heterocycles. The van der Waals surface area contributed by atoms with Gasteiger partial charge in [0.05, 0.1) is 4.88 Å². The lowest BCUT2D eigenvalue weighted by molar-refractivity contribution is -0.135. The highest BCUT2D eigenvalue weighted by atomic mass is 32.1. The van der Waals surface area contributed by atoms with Crippen LogP contribution in [-0.2, 0) is 4.79 Å². The fourth-order valence-electron chi connectivity index (χ4n) is 2.53. The SMILES string of the molecule is C=CC(=O)N1CCC(F)(F)[C@H](NC(=O)c2cc(-c3cccs3)on2)C1. The van der Waals surface area contributed by atoms with Crippen LogP contribution in [0.15, 0.2) is 40.8 Å². The first-order valence-corrected chi connectivity index (χ1v) is 8.39. The summed E-state index contributed by atoms with van der Waals surface area (Å²) in [5.41, 5.74) is -0.0913. The van der Waals surface area contributed by atoms with Crippen molar-refractivity contribution in [1.82, 2.24) is 15.4 Å². The molecule has 0 bridgehead atoms. The summed E-state index contributed by atoms with van der Waals surface area (Å²) in [6, 6.07) is 3.51. The summed E-state index contributed by atoms with van der Waals surface area (Å²) in [6.07, 6.45) is 0.532. The van der Waals surface area contributed by atoms with Crippen molar-refractivity contribution in [3.05, 3.63) is 41.9 Å². The molecule has 1 saturated heterocycles. The second-order valence-corrected chi connectivity index (χ2v) is 6.53. The molecule has 0 aliphatic carbocycles. The van der Waals surface area contributed by atoms with Gasteiger partial charge < -0.3 is 14.7 Å². The maximum Gasteiger partial charge on any atom is 0.273 e.